The predicted octanol–water partition coefficient (Wildman–Crippen LogP) is 8.61. The van der Waals surface area contributed by atoms with Gasteiger partial charge in [-0.1, -0.05) is 88.0 Å². The molecular weight excluding hydrogens is 398 g/mol. The molecule has 0 aliphatic carbocycles. The molecule has 1 aliphatic rings. The Morgan fingerprint density at radius 3 is 2.17 bits per heavy atom. The Balaban J connectivity index is 0.000000508. The van der Waals surface area contributed by atoms with E-state index in [2.05, 4.69) is 56.1 Å². The number of aryl methyl sites for hydroxylation is 2. The van der Waals surface area contributed by atoms with Crippen molar-refractivity contribution in [1.29, 1.82) is 0 Å². The van der Waals surface area contributed by atoms with Gasteiger partial charge in [-0.2, -0.15) is 0 Å². The molecule has 164 valence electrons. The van der Waals surface area contributed by atoms with Gasteiger partial charge < -0.3 is 4.74 Å². The van der Waals surface area contributed by atoms with Crippen molar-refractivity contribution in [3.63, 3.8) is 0 Å². The SMILES string of the molecule is C=C1C=C(C(C)(F)F)c2cc(C)ccc2O1.CC.CC=S.CCCc1ccccc1. The minimum Gasteiger partial charge on any atom is -0.457 e. The fourth-order valence-electron chi connectivity index (χ4n) is 2.65. The first-order valence-electron chi connectivity index (χ1n) is 10.2. The third-order valence-electron chi connectivity index (χ3n) is 3.83. The summed E-state index contributed by atoms with van der Waals surface area (Å²) in [6, 6.07) is 15.8. The molecule has 2 aromatic rings. The Morgan fingerprint density at radius 1 is 1.10 bits per heavy atom. The van der Waals surface area contributed by atoms with Crippen LogP contribution in [0.2, 0.25) is 0 Å². The van der Waals surface area contributed by atoms with E-state index in [4.69, 9.17) is 4.74 Å². The number of benzene rings is 2. The number of hydrogen-bond donors (Lipinski definition) is 0. The summed E-state index contributed by atoms with van der Waals surface area (Å²) in [5, 5.41) is 1.58. The molecule has 1 aliphatic heterocycles. The molecule has 0 spiro atoms. The second kappa shape index (κ2) is 14.6. The van der Waals surface area contributed by atoms with Crippen LogP contribution in [-0.4, -0.2) is 11.3 Å². The van der Waals surface area contributed by atoms with Crippen LogP contribution in [0.1, 0.15) is 57.7 Å². The Kier molecular flexibility index (Phi) is 13.5. The van der Waals surface area contributed by atoms with Crippen molar-refractivity contribution < 1.29 is 13.5 Å². The number of halogens is 2. The smallest absolute Gasteiger partial charge is 0.271 e. The summed E-state index contributed by atoms with van der Waals surface area (Å²) < 4.78 is 32.2. The standard InChI is InChI=1S/C13H12F2O.C9H12.C2H4S.C2H6/c1-8-4-5-12-10(6-8)11(13(3,14)15)7-9(2)16-12;1-2-6-9-7-4-3-5-8-9;1-2-3;1-2/h4-7H,2H2,1,3H3;3-5,7-8H,2,6H2,1H3;2H,1H3;1-2H3. The molecule has 0 saturated carbocycles. The highest BCUT2D eigenvalue weighted by Crippen LogP contribution is 2.41. The summed E-state index contributed by atoms with van der Waals surface area (Å²) in [6.07, 6.45) is 3.74. The van der Waals surface area contributed by atoms with Gasteiger partial charge in [-0.3, -0.25) is 0 Å². The van der Waals surface area contributed by atoms with Crippen LogP contribution < -0.4 is 4.74 Å². The van der Waals surface area contributed by atoms with Gasteiger partial charge in [-0.15, -0.1) is 0 Å². The topological polar surface area (TPSA) is 9.23 Å². The minimum atomic E-state index is -2.89. The van der Waals surface area contributed by atoms with Crippen molar-refractivity contribution in [2.45, 2.75) is 60.3 Å². The molecule has 0 unspecified atom stereocenters. The Morgan fingerprint density at radius 2 is 1.67 bits per heavy atom. The third kappa shape index (κ3) is 9.93. The van der Waals surface area contributed by atoms with Crippen molar-refractivity contribution in [2.24, 2.45) is 0 Å². The van der Waals surface area contributed by atoms with Gasteiger partial charge in [0.05, 0.1) is 0 Å². The summed E-state index contributed by atoms with van der Waals surface area (Å²) in [5.41, 5.74) is 2.77. The van der Waals surface area contributed by atoms with Gasteiger partial charge in [0.15, 0.2) is 0 Å². The molecule has 0 aromatic heterocycles. The molecule has 2 aromatic carbocycles. The van der Waals surface area contributed by atoms with E-state index < -0.39 is 5.92 Å². The van der Waals surface area contributed by atoms with Crippen LogP contribution in [-0.2, 0) is 6.42 Å². The van der Waals surface area contributed by atoms with E-state index in [0.29, 0.717) is 11.3 Å². The van der Waals surface area contributed by atoms with Crippen molar-refractivity contribution in [3.8, 4) is 5.75 Å². The average Bonchev–Trinajstić information content (AvgIpc) is 2.71. The van der Waals surface area contributed by atoms with E-state index in [1.807, 2.05) is 33.8 Å². The number of fused-ring (bicyclic) bond motifs is 1. The number of hydrogen-bond acceptors (Lipinski definition) is 2. The van der Waals surface area contributed by atoms with Crippen LogP contribution in [0.3, 0.4) is 0 Å². The molecule has 1 nitrogen and oxygen atoms in total. The highest BCUT2D eigenvalue weighted by Gasteiger charge is 2.33. The number of allylic oxidation sites excluding steroid dienone is 2. The normalized spacial score (nSPS) is 11.6. The zero-order valence-corrected chi connectivity index (χ0v) is 19.8. The van der Waals surface area contributed by atoms with Crippen LogP contribution >= 0.6 is 12.2 Å². The molecule has 3 rings (SSSR count). The molecule has 0 fully saturated rings. The van der Waals surface area contributed by atoms with E-state index in [1.165, 1.54) is 24.5 Å². The third-order valence-corrected chi connectivity index (χ3v) is 3.83. The maximum Gasteiger partial charge on any atom is 0.271 e. The monoisotopic (exact) mass is 432 g/mol. The molecule has 0 N–H and O–H groups in total. The number of alkyl halides is 2. The molecule has 0 bridgehead atoms. The van der Waals surface area contributed by atoms with Gasteiger partial charge in [0.2, 0.25) is 0 Å². The minimum absolute atomic E-state index is 0.0394. The van der Waals surface area contributed by atoms with Crippen LogP contribution in [0.25, 0.3) is 5.57 Å². The first kappa shape index (κ1) is 27.7. The second-order valence-electron chi connectivity index (χ2n) is 6.49. The van der Waals surface area contributed by atoms with Gasteiger partial charge in [0.1, 0.15) is 11.5 Å². The van der Waals surface area contributed by atoms with Crippen molar-refractivity contribution in [3.05, 3.63) is 83.6 Å². The van der Waals surface area contributed by atoms with E-state index >= 15 is 0 Å². The Labute approximate surface area is 186 Å². The summed E-state index contributed by atoms with van der Waals surface area (Å²) in [6.45, 7) is 14.3. The van der Waals surface area contributed by atoms with Crippen molar-refractivity contribution in [1.82, 2.24) is 0 Å². The fourth-order valence-corrected chi connectivity index (χ4v) is 2.65. The summed E-state index contributed by atoms with van der Waals surface area (Å²) >= 11 is 4.27. The van der Waals surface area contributed by atoms with E-state index in [0.717, 1.165) is 12.5 Å². The summed E-state index contributed by atoms with van der Waals surface area (Å²) in [4.78, 5) is 0. The van der Waals surface area contributed by atoms with E-state index in [9.17, 15) is 8.78 Å². The summed E-state index contributed by atoms with van der Waals surface area (Å²) in [5.74, 6) is -2.21. The van der Waals surface area contributed by atoms with Gasteiger partial charge in [0.25, 0.3) is 5.92 Å². The molecule has 0 saturated heterocycles. The van der Waals surface area contributed by atoms with E-state index in [1.54, 1.807) is 17.5 Å². The average molecular weight is 433 g/mol. The first-order valence-corrected chi connectivity index (χ1v) is 10.7. The lowest BCUT2D eigenvalue weighted by molar-refractivity contribution is 0.0882. The van der Waals surface area contributed by atoms with Crippen molar-refractivity contribution >= 4 is 23.2 Å². The Bertz CT molecular complexity index is 806. The number of thiocarbonyl (C=S) groups is 1. The second-order valence-corrected chi connectivity index (χ2v) is 6.96. The summed E-state index contributed by atoms with van der Waals surface area (Å²) in [7, 11) is 0. The molecular formula is C26H34F2OS. The van der Waals surface area contributed by atoms with E-state index in [-0.39, 0.29) is 11.3 Å². The maximum atomic E-state index is 13.4. The molecule has 30 heavy (non-hydrogen) atoms. The van der Waals surface area contributed by atoms with Gasteiger partial charge in [-0.05, 0) is 49.4 Å². The van der Waals surface area contributed by atoms with Gasteiger partial charge in [-0.25, -0.2) is 8.78 Å². The highest BCUT2D eigenvalue weighted by molar-refractivity contribution is 7.78. The Hall–Kier alpha value is -2.33. The molecule has 0 atom stereocenters. The number of rotatable bonds is 3. The van der Waals surface area contributed by atoms with Crippen LogP contribution in [0.5, 0.6) is 5.75 Å². The molecule has 4 heteroatoms. The van der Waals surface area contributed by atoms with Gasteiger partial charge in [0, 0.05) is 18.1 Å². The van der Waals surface area contributed by atoms with Crippen LogP contribution in [0, 0.1) is 6.92 Å². The molecule has 1 heterocycles. The first-order chi connectivity index (χ1) is 14.2. The van der Waals surface area contributed by atoms with Gasteiger partial charge >= 0.3 is 0 Å². The quantitative estimate of drug-likeness (QED) is 0.449. The molecule has 0 radical (unpaired) electrons. The lowest BCUT2D eigenvalue weighted by Crippen LogP contribution is -2.17. The van der Waals surface area contributed by atoms with Crippen molar-refractivity contribution in [2.75, 3.05) is 0 Å². The number of ether oxygens (including phenoxy) is 1. The predicted molar refractivity (Wildman–Crippen MR) is 131 cm³/mol. The molecule has 0 amide bonds. The maximum absolute atomic E-state index is 13.4. The zero-order chi connectivity index (χ0) is 23.2. The lowest BCUT2D eigenvalue weighted by Gasteiger charge is -2.23. The largest absolute Gasteiger partial charge is 0.457 e. The van der Waals surface area contributed by atoms with Crippen LogP contribution in [0.4, 0.5) is 8.78 Å². The zero-order valence-electron chi connectivity index (χ0n) is 19.0. The highest BCUT2D eigenvalue weighted by atomic mass is 32.1. The van der Waals surface area contributed by atoms with Crippen LogP contribution in [0.15, 0.2) is 66.9 Å². The lowest BCUT2D eigenvalue weighted by atomic mass is 9.95. The fraction of sp³-hybridized carbons (Fsp3) is 0.346.